The Morgan fingerprint density at radius 2 is 0.890 bits per heavy atom. The lowest BCUT2D eigenvalue weighted by Gasteiger charge is -2.29. The Balaban J connectivity index is 6.70. The molecular formula is C45H82N12O14S2. The van der Waals surface area contributed by atoms with E-state index in [0.29, 0.717) is 43.6 Å². The summed E-state index contributed by atoms with van der Waals surface area (Å²) < 4.78 is 0. The van der Waals surface area contributed by atoms with E-state index in [2.05, 4.69) is 37.2 Å². The Morgan fingerprint density at radius 3 is 1.32 bits per heavy atom. The van der Waals surface area contributed by atoms with Crippen LogP contribution in [0, 0.1) is 11.8 Å². The van der Waals surface area contributed by atoms with E-state index in [4.69, 9.17) is 22.9 Å². The molecule has 26 nitrogen and oxygen atoms in total. The van der Waals surface area contributed by atoms with Crippen molar-refractivity contribution in [3.63, 3.8) is 0 Å². The second-order valence-corrected chi connectivity index (χ2v) is 20.1. The zero-order chi connectivity index (χ0) is 55.8. The number of hydrogen-bond donors (Lipinski definition) is 15. The number of aliphatic hydroxyl groups is 1. The minimum absolute atomic E-state index is 0.0286. The number of carbonyl (C=O) groups is 11. The lowest BCUT2D eigenvalue weighted by molar-refractivity contribution is -0.144. The number of nitrogens with one attached hydrogen (secondary N) is 8. The van der Waals surface area contributed by atoms with Crippen LogP contribution in [0.5, 0.6) is 0 Å². The van der Waals surface area contributed by atoms with Crippen LogP contribution in [-0.2, 0) is 52.7 Å². The Kier molecular flexibility index (Phi) is 34.7. The summed E-state index contributed by atoms with van der Waals surface area (Å²) in [4.78, 5) is 144. The van der Waals surface area contributed by atoms with Gasteiger partial charge < -0.3 is 80.8 Å². The molecule has 0 aliphatic heterocycles. The molecule has 0 spiro atoms. The quantitative estimate of drug-likeness (QED) is 0.0265. The molecule has 0 saturated heterocycles. The molecular weight excluding hydrogens is 997 g/mol. The first-order valence-corrected chi connectivity index (χ1v) is 27.1. The van der Waals surface area contributed by atoms with Crippen LogP contribution in [0.25, 0.3) is 0 Å². The van der Waals surface area contributed by atoms with Crippen molar-refractivity contribution >= 4 is 88.6 Å². The summed E-state index contributed by atoms with van der Waals surface area (Å²) in [5, 5.41) is 48.1. The summed E-state index contributed by atoms with van der Waals surface area (Å²) in [5.74, 6) is -10.7. The van der Waals surface area contributed by atoms with E-state index >= 15 is 0 Å². The van der Waals surface area contributed by atoms with Crippen molar-refractivity contribution in [2.45, 2.75) is 159 Å². The van der Waals surface area contributed by atoms with Gasteiger partial charge in [-0.15, -0.1) is 0 Å². The van der Waals surface area contributed by atoms with E-state index in [0.717, 1.165) is 0 Å². The number of aliphatic carboxylic acids is 2. The average Bonchev–Trinajstić information content (AvgIpc) is 3.31. The van der Waals surface area contributed by atoms with Crippen molar-refractivity contribution in [3.8, 4) is 0 Å². The Bertz CT molecular complexity index is 1820. The maximum atomic E-state index is 14.2. The molecule has 73 heavy (non-hydrogen) atoms. The first-order chi connectivity index (χ1) is 34.4. The van der Waals surface area contributed by atoms with Crippen LogP contribution in [-0.4, -0.2) is 179 Å². The molecule has 9 atom stereocenters. The van der Waals surface area contributed by atoms with Crippen molar-refractivity contribution in [3.05, 3.63) is 0 Å². The average molecular weight is 1080 g/mol. The monoisotopic (exact) mass is 1080 g/mol. The summed E-state index contributed by atoms with van der Waals surface area (Å²) in [6.45, 7) is 6.10. The number of amides is 9. The van der Waals surface area contributed by atoms with Crippen molar-refractivity contribution in [1.29, 1.82) is 0 Å². The van der Waals surface area contributed by atoms with Crippen molar-refractivity contribution in [2.75, 3.05) is 43.7 Å². The van der Waals surface area contributed by atoms with E-state index in [1.54, 1.807) is 34.0 Å². The van der Waals surface area contributed by atoms with Gasteiger partial charge in [-0.05, 0) is 113 Å². The summed E-state index contributed by atoms with van der Waals surface area (Å²) in [6.07, 6.45) is 4.19. The molecule has 0 heterocycles. The van der Waals surface area contributed by atoms with Crippen LogP contribution in [0.1, 0.15) is 105 Å². The molecule has 0 unspecified atom stereocenters. The maximum absolute atomic E-state index is 14.2. The fraction of sp³-hybridized carbons (Fsp3) is 0.756. The summed E-state index contributed by atoms with van der Waals surface area (Å²) >= 11 is 2.84. The number of unbranched alkanes of at least 4 members (excludes halogenated alkanes) is 2. The van der Waals surface area contributed by atoms with Crippen LogP contribution in [0.2, 0.25) is 0 Å². The highest BCUT2D eigenvalue weighted by atomic mass is 32.2. The van der Waals surface area contributed by atoms with Gasteiger partial charge in [0, 0.05) is 6.42 Å². The van der Waals surface area contributed by atoms with Gasteiger partial charge in [0.05, 0.1) is 19.1 Å². The number of carboxylic acid groups (broad SMARTS) is 2. The predicted molar refractivity (Wildman–Crippen MR) is 275 cm³/mol. The minimum Gasteiger partial charge on any atom is -0.481 e. The molecule has 0 bridgehead atoms. The zero-order valence-corrected chi connectivity index (χ0v) is 44.5. The lowest BCUT2D eigenvalue weighted by Crippen LogP contribution is -2.61. The van der Waals surface area contributed by atoms with Gasteiger partial charge in [-0.1, -0.05) is 27.7 Å². The smallest absolute Gasteiger partial charge is 0.328 e. The van der Waals surface area contributed by atoms with E-state index in [-0.39, 0.29) is 57.5 Å². The lowest BCUT2D eigenvalue weighted by atomic mass is 9.98. The summed E-state index contributed by atoms with van der Waals surface area (Å²) in [6, 6.07) is -12.4. The van der Waals surface area contributed by atoms with E-state index in [9.17, 15) is 68.1 Å². The number of carboxylic acids is 2. The minimum atomic E-state index is -1.82. The van der Waals surface area contributed by atoms with Gasteiger partial charge in [-0.2, -0.15) is 23.5 Å². The topological polar surface area (TPSA) is 449 Å². The third kappa shape index (κ3) is 28.1. The molecule has 0 aromatic heterocycles. The number of rotatable bonds is 40. The number of thioether (sulfide) groups is 2. The van der Waals surface area contributed by atoms with Gasteiger partial charge in [0.15, 0.2) is 0 Å². The largest absolute Gasteiger partial charge is 0.481 e. The summed E-state index contributed by atoms with van der Waals surface area (Å²) in [5.41, 5.74) is 22.9. The first kappa shape index (κ1) is 67.7. The molecule has 0 aliphatic rings. The number of primary amides is 1. The van der Waals surface area contributed by atoms with Crippen LogP contribution in [0.15, 0.2) is 0 Å². The number of hydrogen-bond acceptors (Lipinski definition) is 17. The van der Waals surface area contributed by atoms with Crippen LogP contribution >= 0.6 is 23.5 Å². The molecule has 0 radical (unpaired) electrons. The van der Waals surface area contributed by atoms with Crippen LogP contribution < -0.4 is 65.5 Å². The molecule has 0 aromatic rings. The fourth-order valence-electron chi connectivity index (χ4n) is 6.92. The van der Waals surface area contributed by atoms with E-state index < -0.39 is 138 Å². The standard InChI is InChI=1S/C45H82N12O14S2/c1-24(2)21-31(42(67)54-32(22-35(60)61)43(68)56-33(23-58)45(70)71)55-44(69)36(25(3)4)57-41(66)28(12-8-10-18-47)52-38(63)27(11-7-9-17-46)51-40(65)30(16-20-73-6)53-39(64)29(13-14-34(49)59)50-37(62)26(48)15-19-72-5/h24-33,36,58H,7-23,46-48H2,1-6H3,(H2,49,59)(H,50,62)(H,51,65)(H,52,63)(H,53,64)(H,54,67)(H,55,69)(H,56,68)(H,57,66)(H,60,61)(H,70,71)/t26-,27-,28-,29-,30-,31-,32-,33-,36-/m0/s1. The van der Waals surface area contributed by atoms with Gasteiger partial charge in [-0.25, -0.2) is 4.79 Å². The molecule has 418 valence electrons. The molecule has 9 amide bonds. The van der Waals surface area contributed by atoms with Crippen LogP contribution in [0.4, 0.5) is 0 Å². The SMILES string of the molecule is CSCC[C@H](NC(=O)[C@H](CCC(N)=O)NC(=O)[C@@H](N)CCSC)C(=O)N[C@@H](CCCCN)C(=O)N[C@@H](CCCCN)C(=O)N[C@H](C(=O)N[C@@H](CC(C)C)C(=O)N[C@@H](CC(=O)O)C(=O)N[C@@H](CO)C(=O)O)C(C)C. The molecule has 0 fully saturated rings. The highest BCUT2D eigenvalue weighted by molar-refractivity contribution is 7.98. The van der Waals surface area contributed by atoms with Crippen molar-refractivity contribution in [2.24, 2.45) is 34.8 Å². The van der Waals surface area contributed by atoms with Gasteiger partial charge >= 0.3 is 11.9 Å². The second-order valence-electron chi connectivity index (χ2n) is 18.2. The predicted octanol–water partition coefficient (Wildman–Crippen LogP) is -3.52. The van der Waals surface area contributed by atoms with Crippen molar-refractivity contribution < 1.29 is 68.1 Å². The van der Waals surface area contributed by atoms with E-state index in [1.165, 1.54) is 23.5 Å². The van der Waals surface area contributed by atoms with Gasteiger partial charge in [0.1, 0.15) is 48.3 Å². The van der Waals surface area contributed by atoms with E-state index in [1.807, 2.05) is 11.6 Å². The molecule has 0 rings (SSSR count). The molecule has 28 heteroatoms. The number of carbonyl (C=O) groups excluding carboxylic acids is 9. The Labute approximate surface area is 435 Å². The molecule has 19 N–H and O–H groups in total. The first-order valence-electron chi connectivity index (χ1n) is 24.3. The van der Waals surface area contributed by atoms with Crippen molar-refractivity contribution in [1.82, 2.24) is 42.5 Å². The van der Waals surface area contributed by atoms with Gasteiger partial charge in [0.25, 0.3) is 0 Å². The van der Waals surface area contributed by atoms with Crippen LogP contribution in [0.3, 0.4) is 0 Å². The highest BCUT2D eigenvalue weighted by Gasteiger charge is 2.36. The summed E-state index contributed by atoms with van der Waals surface area (Å²) in [7, 11) is 0. The fourth-order valence-corrected chi connectivity index (χ4v) is 7.88. The molecule has 0 saturated carbocycles. The zero-order valence-electron chi connectivity index (χ0n) is 42.8. The molecule has 0 aliphatic carbocycles. The Hall–Kier alpha value is -5.29. The maximum Gasteiger partial charge on any atom is 0.328 e. The second kappa shape index (κ2) is 37.4. The van der Waals surface area contributed by atoms with Gasteiger partial charge in [0.2, 0.25) is 53.2 Å². The number of nitrogens with two attached hydrogens (primary N) is 4. The Morgan fingerprint density at radius 1 is 0.493 bits per heavy atom. The molecule has 0 aromatic carbocycles. The third-order valence-corrected chi connectivity index (χ3v) is 12.4. The number of aliphatic hydroxyl groups excluding tert-OH is 1. The highest BCUT2D eigenvalue weighted by Crippen LogP contribution is 2.13. The normalized spacial score (nSPS) is 14.9. The van der Waals surface area contributed by atoms with Gasteiger partial charge in [-0.3, -0.25) is 47.9 Å². The third-order valence-electron chi connectivity index (χ3n) is 11.1.